The van der Waals surface area contributed by atoms with Crippen molar-refractivity contribution in [2.24, 2.45) is 0 Å². The second-order valence-electron chi connectivity index (χ2n) is 7.07. The number of benzene rings is 2. The Labute approximate surface area is 174 Å². The van der Waals surface area contributed by atoms with Crippen molar-refractivity contribution in [1.82, 2.24) is 14.4 Å². The van der Waals surface area contributed by atoms with Gasteiger partial charge in [0.15, 0.2) is 6.29 Å². The van der Waals surface area contributed by atoms with Crippen LogP contribution in [0.1, 0.15) is 11.3 Å². The summed E-state index contributed by atoms with van der Waals surface area (Å²) in [6.45, 7) is 0. The average Bonchev–Trinajstić information content (AvgIpc) is 3.19. The molecular formula is C26H19N3O. The van der Waals surface area contributed by atoms with Crippen LogP contribution in [0.3, 0.4) is 0 Å². The molecule has 4 nitrogen and oxygen atoms in total. The van der Waals surface area contributed by atoms with Gasteiger partial charge < -0.3 is 0 Å². The lowest BCUT2D eigenvalue weighted by Crippen LogP contribution is -1.97. The summed E-state index contributed by atoms with van der Waals surface area (Å²) in [7, 11) is 0. The quantitative estimate of drug-likeness (QED) is 0.300. The molecular weight excluding hydrogens is 370 g/mol. The van der Waals surface area contributed by atoms with E-state index in [0.717, 1.165) is 39.7 Å². The number of nitrogens with zero attached hydrogens (tertiary/aromatic N) is 3. The van der Waals surface area contributed by atoms with Crippen LogP contribution in [-0.2, 0) is 11.2 Å². The number of pyridine rings is 2. The highest BCUT2D eigenvalue weighted by Gasteiger charge is 2.14. The molecule has 4 heteroatoms. The van der Waals surface area contributed by atoms with Gasteiger partial charge in [0.25, 0.3) is 0 Å². The van der Waals surface area contributed by atoms with Crippen molar-refractivity contribution in [2.75, 3.05) is 0 Å². The molecule has 0 spiro atoms. The van der Waals surface area contributed by atoms with Crippen molar-refractivity contribution in [2.45, 2.75) is 6.42 Å². The molecule has 5 rings (SSSR count). The molecule has 0 unspecified atom stereocenters. The average molecular weight is 389 g/mol. The van der Waals surface area contributed by atoms with Gasteiger partial charge in [-0.05, 0) is 47.9 Å². The first-order chi connectivity index (χ1) is 14.8. The molecule has 0 aliphatic rings. The SMILES string of the molecule is O=CC(=CCc1ccn2c(nc3ccccc32)c1-c1ccccc1)c1ccccn1. The van der Waals surface area contributed by atoms with E-state index in [1.54, 1.807) is 6.20 Å². The second-order valence-corrected chi connectivity index (χ2v) is 7.07. The third-order valence-electron chi connectivity index (χ3n) is 5.26. The first-order valence-corrected chi connectivity index (χ1v) is 9.86. The fraction of sp³-hybridized carbons (Fsp3) is 0.0385. The summed E-state index contributed by atoms with van der Waals surface area (Å²) in [6, 6.07) is 26.1. The van der Waals surface area contributed by atoms with E-state index in [1.807, 2.05) is 60.7 Å². The van der Waals surface area contributed by atoms with Crippen LogP contribution in [0.4, 0.5) is 0 Å². The molecule has 0 saturated carbocycles. The number of hydrogen-bond acceptors (Lipinski definition) is 3. The van der Waals surface area contributed by atoms with Gasteiger partial charge in [0.2, 0.25) is 0 Å². The number of imidazole rings is 1. The maximum Gasteiger partial charge on any atom is 0.151 e. The number of carbonyl (C=O) groups excluding carboxylic acids is 1. The van der Waals surface area contributed by atoms with Crippen LogP contribution in [0.25, 0.3) is 33.4 Å². The minimum absolute atomic E-state index is 0.586. The lowest BCUT2D eigenvalue weighted by Gasteiger charge is -2.11. The molecule has 0 aliphatic carbocycles. The lowest BCUT2D eigenvalue weighted by atomic mass is 9.98. The zero-order valence-electron chi connectivity index (χ0n) is 16.3. The van der Waals surface area contributed by atoms with Gasteiger partial charge in [-0.3, -0.25) is 14.2 Å². The van der Waals surface area contributed by atoms with Gasteiger partial charge in [-0.2, -0.15) is 0 Å². The second kappa shape index (κ2) is 7.76. The number of carbonyl (C=O) groups is 1. The highest BCUT2D eigenvalue weighted by atomic mass is 16.1. The molecule has 0 fully saturated rings. The summed E-state index contributed by atoms with van der Waals surface area (Å²) < 4.78 is 2.13. The number of aldehydes is 1. The molecule has 0 radical (unpaired) electrons. The molecule has 2 aromatic carbocycles. The van der Waals surface area contributed by atoms with E-state index < -0.39 is 0 Å². The van der Waals surface area contributed by atoms with E-state index in [0.29, 0.717) is 17.7 Å². The Bertz CT molecular complexity index is 1370. The normalized spacial score (nSPS) is 11.8. The molecule has 144 valence electrons. The molecule has 0 amide bonds. The first-order valence-electron chi connectivity index (χ1n) is 9.86. The number of rotatable bonds is 5. The van der Waals surface area contributed by atoms with Gasteiger partial charge in [0, 0.05) is 23.5 Å². The Hall–Kier alpha value is -4.05. The van der Waals surface area contributed by atoms with Gasteiger partial charge in [-0.1, -0.05) is 54.6 Å². The molecule has 0 bridgehead atoms. The minimum atomic E-state index is 0.586. The Morgan fingerprint density at radius 3 is 2.50 bits per heavy atom. The smallest absolute Gasteiger partial charge is 0.151 e. The number of allylic oxidation sites excluding steroid dienone is 2. The predicted octanol–water partition coefficient (Wildman–Crippen LogP) is 5.37. The van der Waals surface area contributed by atoms with E-state index in [9.17, 15) is 4.79 Å². The van der Waals surface area contributed by atoms with Crippen molar-refractivity contribution in [3.8, 4) is 11.1 Å². The van der Waals surface area contributed by atoms with Crippen LogP contribution < -0.4 is 0 Å². The molecule has 5 aromatic rings. The third-order valence-corrected chi connectivity index (χ3v) is 5.26. The molecule has 3 heterocycles. The van der Waals surface area contributed by atoms with Crippen molar-refractivity contribution in [3.63, 3.8) is 0 Å². The first kappa shape index (κ1) is 18.0. The van der Waals surface area contributed by atoms with Crippen LogP contribution in [0.2, 0.25) is 0 Å². The number of fused-ring (bicyclic) bond motifs is 3. The van der Waals surface area contributed by atoms with E-state index in [4.69, 9.17) is 4.98 Å². The van der Waals surface area contributed by atoms with Crippen molar-refractivity contribution < 1.29 is 4.79 Å². The molecule has 0 saturated heterocycles. The lowest BCUT2D eigenvalue weighted by molar-refractivity contribution is -0.103. The summed E-state index contributed by atoms with van der Waals surface area (Å²) in [5.74, 6) is 0. The summed E-state index contributed by atoms with van der Waals surface area (Å²) in [4.78, 5) is 20.9. The fourth-order valence-corrected chi connectivity index (χ4v) is 3.82. The van der Waals surface area contributed by atoms with E-state index in [1.165, 1.54) is 0 Å². The standard InChI is InChI=1S/C26H19N3O/c30-18-21(22-10-6-7-16-27-22)14-13-20-15-17-29-24-12-5-4-11-23(24)28-26(29)25(20)19-8-2-1-3-9-19/h1-12,14-18H,13H2. The van der Waals surface area contributed by atoms with E-state index >= 15 is 0 Å². The molecule has 0 N–H and O–H groups in total. The van der Waals surface area contributed by atoms with Gasteiger partial charge in [-0.15, -0.1) is 0 Å². The molecule has 0 atom stereocenters. The predicted molar refractivity (Wildman–Crippen MR) is 120 cm³/mol. The van der Waals surface area contributed by atoms with Gasteiger partial charge in [0.1, 0.15) is 5.65 Å². The van der Waals surface area contributed by atoms with Crippen LogP contribution in [-0.4, -0.2) is 20.7 Å². The van der Waals surface area contributed by atoms with Gasteiger partial charge >= 0.3 is 0 Å². The van der Waals surface area contributed by atoms with Crippen molar-refractivity contribution in [1.29, 1.82) is 0 Å². The van der Waals surface area contributed by atoms with Crippen LogP contribution in [0, 0.1) is 0 Å². The third kappa shape index (κ3) is 3.18. The molecule has 3 aromatic heterocycles. The monoisotopic (exact) mass is 389 g/mol. The maximum atomic E-state index is 11.7. The Kier molecular flexibility index (Phi) is 4.66. The van der Waals surface area contributed by atoms with Crippen molar-refractivity contribution >= 4 is 28.5 Å². The summed E-state index contributed by atoms with van der Waals surface area (Å²) in [5.41, 5.74) is 7.52. The summed E-state index contributed by atoms with van der Waals surface area (Å²) in [5, 5.41) is 0. The molecule has 0 aliphatic heterocycles. The maximum absolute atomic E-state index is 11.7. The minimum Gasteiger partial charge on any atom is -0.299 e. The highest BCUT2D eigenvalue weighted by Crippen LogP contribution is 2.31. The number of aromatic nitrogens is 3. The van der Waals surface area contributed by atoms with Gasteiger partial charge in [-0.25, -0.2) is 4.98 Å². The fourth-order valence-electron chi connectivity index (χ4n) is 3.82. The number of hydrogen-bond donors (Lipinski definition) is 0. The number of para-hydroxylation sites is 2. The Balaban J connectivity index is 1.69. The zero-order valence-corrected chi connectivity index (χ0v) is 16.3. The topological polar surface area (TPSA) is 47.3 Å². The summed E-state index contributed by atoms with van der Waals surface area (Å²) in [6.07, 6.45) is 7.17. The van der Waals surface area contributed by atoms with Crippen molar-refractivity contribution in [3.05, 3.63) is 109 Å². The Morgan fingerprint density at radius 2 is 1.70 bits per heavy atom. The Morgan fingerprint density at radius 1 is 0.900 bits per heavy atom. The molecule has 30 heavy (non-hydrogen) atoms. The zero-order chi connectivity index (χ0) is 20.3. The van der Waals surface area contributed by atoms with Crippen LogP contribution in [0.15, 0.2) is 97.3 Å². The van der Waals surface area contributed by atoms with E-state index in [-0.39, 0.29) is 0 Å². The van der Waals surface area contributed by atoms with Crippen LogP contribution >= 0.6 is 0 Å². The van der Waals surface area contributed by atoms with Gasteiger partial charge in [0.05, 0.1) is 16.7 Å². The largest absolute Gasteiger partial charge is 0.299 e. The van der Waals surface area contributed by atoms with E-state index in [2.05, 4.69) is 39.8 Å². The summed E-state index contributed by atoms with van der Waals surface area (Å²) >= 11 is 0. The van der Waals surface area contributed by atoms with Crippen LogP contribution in [0.5, 0.6) is 0 Å². The highest BCUT2D eigenvalue weighted by molar-refractivity contribution is 6.06.